The molecule has 1 unspecified atom stereocenters. The third-order valence-electron chi connectivity index (χ3n) is 4.98. The van der Waals surface area contributed by atoms with Crippen LogP contribution in [0.25, 0.3) is 0 Å². The molecule has 2 fully saturated rings. The Morgan fingerprint density at radius 3 is 2.38 bits per heavy atom. The molecule has 0 spiro atoms. The average Bonchev–Trinajstić information content (AvgIpc) is 3.41. The van der Waals surface area contributed by atoms with E-state index in [4.69, 9.17) is 0 Å². The Hall–Kier alpha value is -1.88. The Kier molecular flexibility index (Phi) is 4.90. The molecule has 1 aliphatic heterocycles. The third-order valence-corrected chi connectivity index (χ3v) is 4.98. The van der Waals surface area contributed by atoms with E-state index >= 15 is 0 Å². The number of nitrogens with zero attached hydrogens (tertiary/aromatic N) is 2. The first kappa shape index (κ1) is 17.0. The number of carbonyl (C=O) groups is 2. The molecule has 130 valence electrons. The molecular formula is C19H26N2O3. The summed E-state index contributed by atoms with van der Waals surface area (Å²) in [5, 5.41) is 10.7. The second-order valence-electron chi connectivity index (χ2n) is 7.15. The van der Waals surface area contributed by atoms with E-state index in [1.54, 1.807) is 11.8 Å². The molecule has 1 atom stereocenters. The zero-order valence-electron chi connectivity index (χ0n) is 14.3. The zero-order valence-corrected chi connectivity index (χ0v) is 14.3. The molecule has 1 N–H and O–H groups in total. The van der Waals surface area contributed by atoms with Crippen molar-refractivity contribution < 1.29 is 14.7 Å². The van der Waals surface area contributed by atoms with Crippen LogP contribution in [-0.4, -0.2) is 52.9 Å². The normalized spacial score (nSPS) is 21.1. The average molecular weight is 330 g/mol. The van der Waals surface area contributed by atoms with Gasteiger partial charge in [0.15, 0.2) is 0 Å². The van der Waals surface area contributed by atoms with Crippen LogP contribution in [0, 0.1) is 5.92 Å². The van der Waals surface area contributed by atoms with E-state index < -0.39 is 5.60 Å². The maximum Gasteiger partial charge on any atom is 0.225 e. The van der Waals surface area contributed by atoms with Gasteiger partial charge < -0.3 is 14.9 Å². The van der Waals surface area contributed by atoms with Crippen molar-refractivity contribution in [3.8, 4) is 0 Å². The van der Waals surface area contributed by atoms with Crippen molar-refractivity contribution in [1.29, 1.82) is 0 Å². The molecule has 1 aliphatic carbocycles. The summed E-state index contributed by atoms with van der Waals surface area (Å²) in [6, 6.07) is 9.29. The van der Waals surface area contributed by atoms with Gasteiger partial charge in [-0.1, -0.05) is 30.3 Å². The molecule has 3 rings (SSSR count). The zero-order chi connectivity index (χ0) is 17.2. The fraction of sp³-hybridized carbons (Fsp3) is 0.579. The van der Waals surface area contributed by atoms with Crippen molar-refractivity contribution in [3.05, 3.63) is 35.9 Å². The predicted octanol–water partition coefficient (Wildman–Crippen LogP) is 1.76. The summed E-state index contributed by atoms with van der Waals surface area (Å²) in [6.07, 6.45) is 2.89. The molecule has 24 heavy (non-hydrogen) atoms. The summed E-state index contributed by atoms with van der Waals surface area (Å²) in [5.74, 6) is 0.427. The molecule has 0 radical (unpaired) electrons. The lowest BCUT2D eigenvalue weighted by molar-refractivity contribution is -0.137. The molecule has 1 aromatic rings. The minimum atomic E-state index is -1.17. The van der Waals surface area contributed by atoms with Crippen LogP contribution in [-0.2, 0) is 15.2 Å². The smallest absolute Gasteiger partial charge is 0.225 e. The fourth-order valence-corrected chi connectivity index (χ4v) is 3.28. The molecule has 2 amide bonds. The van der Waals surface area contributed by atoms with E-state index in [1.165, 1.54) is 0 Å². The minimum absolute atomic E-state index is 0.0513. The molecule has 1 saturated carbocycles. The van der Waals surface area contributed by atoms with Crippen LogP contribution >= 0.6 is 0 Å². The van der Waals surface area contributed by atoms with Crippen LogP contribution in [0.3, 0.4) is 0 Å². The van der Waals surface area contributed by atoms with Gasteiger partial charge >= 0.3 is 0 Å². The number of amides is 2. The maximum absolute atomic E-state index is 12.6. The van der Waals surface area contributed by atoms with Crippen molar-refractivity contribution in [1.82, 2.24) is 9.80 Å². The maximum atomic E-state index is 12.6. The van der Waals surface area contributed by atoms with Crippen LogP contribution in [0.5, 0.6) is 0 Å². The van der Waals surface area contributed by atoms with E-state index in [0.717, 1.165) is 31.4 Å². The summed E-state index contributed by atoms with van der Waals surface area (Å²) >= 11 is 0. The molecule has 5 heteroatoms. The lowest BCUT2D eigenvalue weighted by Gasteiger charge is -2.28. The molecule has 0 bridgehead atoms. The first-order chi connectivity index (χ1) is 11.5. The second-order valence-corrected chi connectivity index (χ2v) is 7.15. The Morgan fingerprint density at radius 2 is 1.71 bits per heavy atom. The number of benzene rings is 1. The van der Waals surface area contributed by atoms with Crippen LogP contribution in [0.15, 0.2) is 30.3 Å². The van der Waals surface area contributed by atoms with Crippen molar-refractivity contribution in [2.24, 2.45) is 5.92 Å². The first-order valence-corrected chi connectivity index (χ1v) is 8.82. The largest absolute Gasteiger partial charge is 0.385 e. The van der Waals surface area contributed by atoms with Crippen LogP contribution < -0.4 is 0 Å². The first-order valence-electron chi connectivity index (χ1n) is 8.82. The number of rotatable bonds is 4. The highest BCUT2D eigenvalue weighted by Gasteiger charge is 2.35. The summed E-state index contributed by atoms with van der Waals surface area (Å²) in [6.45, 7) is 4.23. The standard InChI is InChI=1S/C19H26N2O3/c1-19(24,16-6-3-2-4-7-16)14-17(22)20-10-5-11-21(13-12-20)18(23)15-8-9-15/h2-4,6-7,15,24H,5,8-14H2,1H3. The van der Waals surface area contributed by atoms with Gasteiger partial charge in [-0.2, -0.15) is 0 Å². The quantitative estimate of drug-likeness (QED) is 0.915. The Morgan fingerprint density at radius 1 is 1.08 bits per heavy atom. The molecule has 1 aromatic carbocycles. The Labute approximate surface area is 143 Å². The van der Waals surface area contributed by atoms with Gasteiger partial charge in [-0.3, -0.25) is 9.59 Å². The number of aliphatic hydroxyl groups is 1. The van der Waals surface area contributed by atoms with Crippen LogP contribution in [0.2, 0.25) is 0 Å². The van der Waals surface area contributed by atoms with Crippen LogP contribution in [0.4, 0.5) is 0 Å². The predicted molar refractivity (Wildman–Crippen MR) is 91.1 cm³/mol. The monoisotopic (exact) mass is 330 g/mol. The second kappa shape index (κ2) is 6.93. The molecular weight excluding hydrogens is 304 g/mol. The highest BCUT2D eigenvalue weighted by Crippen LogP contribution is 2.31. The molecule has 1 saturated heterocycles. The van der Waals surface area contributed by atoms with Gasteiger partial charge in [-0.15, -0.1) is 0 Å². The topological polar surface area (TPSA) is 60.9 Å². The van der Waals surface area contributed by atoms with Gasteiger partial charge in [0.05, 0.1) is 12.0 Å². The number of hydrogen-bond acceptors (Lipinski definition) is 3. The van der Waals surface area contributed by atoms with Gasteiger partial charge in [0, 0.05) is 32.1 Å². The lowest BCUT2D eigenvalue weighted by atomic mass is 9.92. The summed E-state index contributed by atoms with van der Waals surface area (Å²) in [4.78, 5) is 28.5. The molecule has 5 nitrogen and oxygen atoms in total. The molecule has 1 heterocycles. The van der Waals surface area contributed by atoms with Gasteiger partial charge in [-0.25, -0.2) is 0 Å². The SMILES string of the molecule is CC(O)(CC(=O)N1CCCN(C(=O)C2CC2)CC1)c1ccccc1. The summed E-state index contributed by atoms with van der Waals surface area (Å²) in [7, 11) is 0. The number of carbonyl (C=O) groups excluding carboxylic acids is 2. The van der Waals surface area contributed by atoms with E-state index in [9.17, 15) is 14.7 Å². The van der Waals surface area contributed by atoms with Crippen molar-refractivity contribution in [2.75, 3.05) is 26.2 Å². The highest BCUT2D eigenvalue weighted by atomic mass is 16.3. The van der Waals surface area contributed by atoms with Gasteiger partial charge in [-0.05, 0) is 31.7 Å². The van der Waals surface area contributed by atoms with Gasteiger partial charge in [0.25, 0.3) is 0 Å². The summed E-state index contributed by atoms with van der Waals surface area (Å²) in [5.41, 5.74) is -0.424. The minimum Gasteiger partial charge on any atom is -0.385 e. The molecule has 0 aromatic heterocycles. The Bertz CT molecular complexity index is 596. The third kappa shape index (κ3) is 3.96. The number of hydrogen-bond donors (Lipinski definition) is 1. The van der Waals surface area contributed by atoms with E-state index in [-0.39, 0.29) is 24.2 Å². The Balaban J connectivity index is 1.58. The molecule has 2 aliphatic rings. The van der Waals surface area contributed by atoms with E-state index in [0.29, 0.717) is 19.6 Å². The van der Waals surface area contributed by atoms with E-state index in [2.05, 4.69) is 0 Å². The highest BCUT2D eigenvalue weighted by molar-refractivity contribution is 5.81. The summed E-state index contributed by atoms with van der Waals surface area (Å²) < 4.78 is 0. The fourth-order valence-electron chi connectivity index (χ4n) is 3.28. The van der Waals surface area contributed by atoms with Crippen molar-refractivity contribution >= 4 is 11.8 Å². The van der Waals surface area contributed by atoms with Crippen molar-refractivity contribution in [3.63, 3.8) is 0 Å². The van der Waals surface area contributed by atoms with Crippen molar-refractivity contribution in [2.45, 2.75) is 38.2 Å². The van der Waals surface area contributed by atoms with Crippen LogP contribution in [0.1, 0.15) is 38.2 Å². The lowest BCUT2D eigenvalue weighted by Crippen LogP contribution is -2.40. The van der Waals surface area contributed by atoms with E-state index in [1.807, 2.05) is 35.2 Å². The van der Waals surface area contributed by atoms with Gasteiger partial charge in [0.2, 0.25) is 11.8 Å². The van der Waals surface area contributed by atoms with Gasteiger partial charge in [0.1, 0.15) is 0 Å².